The van der Waals surface area contributed by atoms with Gasteiger partial charge in [-0.2, -0.15) is 0 Å². The van der Waals surface area contributed by atoms with Gasteiger partial charge in [0.05, 0.1) is 4.34 Å². The largest absolute Gasteiger partial charge is 0.329 e. The molecule has 0 amide bonds. The highest BCUT2D eigenvalue weighted by atomic mass is 35.5. The number of nitrogens with two attached hydrogens (primary N) is 1. The molecule has 0 radical (unpaired) electrons. The van der Waals surface area contributed by atoms with Crippen molar-refractivity contribution in [2.75, 3.05) is 13.6 Å². The van der Waals surface area contributed by atoms with Gasteiger partial charge in [0.1, 0.15) is 0 Å². The smallest absolute Gasteiger partial charge is 0.0931 e. The summed E-state index contributed by atoms with van der Waals surface area (Å²) in [4.78, 5) is 3.75. The standard InChI is InChI=1S/C16H29ClN2S/c1-12(2)8-16(11-18,9-13(3)4)19(5)10-14-6-7-15(17)20-14/h6-7,12-13H,8-11,18H2,1-5H3. The van der Waals surface area contributed by atoms with Gasteiger partial charge in [-0.05, 0) is 43.9 Å². The molecule has 0 bridgehead atoms. The van der Waals surface area contributed by atoms with Crippen molar-refractivity contribution >= 4 is 22.9 Å². The third kappa shape index (κ3) is 5.03. The molecule has 0 aliphatic heterocycles. The Balaban J connectivity index is 2.89. The van der Waals surface area contributed by atoms with Crippen LogP contribution in [0.15, 0.2) is 12.1 Å². The lowest BCUT2D eigenvalue weighted by Crippen LogP contribution is -2.53. The van der Waals surface area contributed by atoms with Gasteiger partial charge in [-0.3, -0.25) is 4.90 Å². The molecule has 0 aliphatic rings. The Hall–Kier alpha value is -0.0900. The maximum absolute atomic E-state index is 6.20. The maximum atomic E-state index is 6.20. The molecule has 0 fully saturated rings. The SMILES string of the molecule is CC(C)CC(CN)(CC(C)C)N(C)Cc1ccc(Cl)s1. The van der Waals surface area contributed by atoms with Gasteiger partial charge in [0.25, 0.3) is 0 Å². The van der Waals surface area contributed by atoms with Crippen molar-refractivity contribution in [2.24, 2.45) is 17.6 Å². The fraction of sp³-hybridized carbons (Fsp3) is 0.750. The van der Waals surface area contributed by atoms with Crippen molar-refractivity contribution in [1.29, 1.82) is 0 Å². The Labute approximate surface area is 133 Å². The molecule has 4 heteroatoms. The summed E-state index contributed by atoms with van der Waals surface area (Å²) in [6.45, 7) is 10.7. The molecule has 116 valence electrons. The molecule has 1 aromatic heterocycles. The van der Waals surface area contributed by atoms with E-state index in [4.69, 9.17) is 17.3 Å². The Bertz CT molecular complexity index is 391. The summed E-state index contributed by atoms with van der Waals surface area (Å²) in [7, 11) is 2.20. The molecule has 1 rings (SSSR count). The summed E-state index contributed by atoms with van der Waals surface area (Å²) in [6, 6.07) is 4.10. The van der Waals surface area contributed by atoms with E-state index in [1.54, 1.807) is 11.3 Å². The Morgan fingerprint density at radius 2 is 1.75 bits per heavy atom. The van der Waals surface area contributed by atoms with Crippen molar-refractivity contribution in [1.82, 2.24) is 4.90 Å². The summed E-state index contributed by atoms with van der Waals surface area (Å²) in [5, 5.41) is 0. The summed E-state index contributed by atoms with van der Waals surface area (Å²) in [6.07, 6.45) is 2.27. The van der Waals surface area contributed by atoms with E-state index in [9.17, 15) is 0 Å². The predicted molar refractivity (Wildman–Crippen MR) is 91.5 cm³/mol. The first kappa shape index (κ1) is 18.0. The lowest BCUT2D eigenvalue weighted by Gasteiger charge is -2.44. The molecule has 0 saturated carbocycles. The average molecular weight is 317 g/mol. The van der Waals surface area contributed by atoms with E-state index in [-0.39, 0.29) is 5.54 Å². The predicted octanol–water partition coefficient (Wildman–Crippen LogP) is 4.62. The molecule has 2 nitrogen and oxygen atoms in total. The van der Waals surface area contributed by atoms with Crippen molar-refractivity contribution in [3.8, 4) is 0 Å². The summed E-state index contributed by atoms with van der Waals surface area (Å²) >= 11 is 7.70. The van der Waals surface area contributed by atoms with E-state index < -0.39 is 0 Å². The fourth-order valence-corrected chi connectivity index (χ4v) is 4.22. The van der Waals surface area contributed by atoms with Crippen LogP contribution in [0, 0.1) is 11.8 Å². The molecule has 0 aromatic carbocycles. The topological polar surface area (TPSA) is 29.3 Å². The van der Waals surface area contributed by atoms with E-state index in [0.717, 1.165) is 23.7 Å². The van der Waals surface area contributed by atoms with Crippen molar-refractivity contribution in [3.63, 3.8) is 0 Å². The highest BCUT2D eigenvalue weighted by molar-refractivity contribution is 7.16. The zero-order valence-corrected chi connectivity index (χ0v) is 15.0. The number of nitrogens with zero attached hydrogens (tertiary/aromatic N) is 1. The zero-order chi connectivity index (χ0) is 15.3. The average Bonchev–Trinajstić information content (AvgIpc) is 2.72. The van der Waals surface area contributed by atoms with Crippen molar-refractivity contribution in [3.05, 3.63) is 21.3 Å². The molecule has 0 atom stereocenters. The van der Waals surface area contributed by atoms with Gasteiger partial charge in [-0.25, -0.2) is 0 Å². The van der Waals surface area contributed by atoms with Crippen molar-refractivity contribution < 1.29 is 0 Å². The van der Waals surface area contributed by atoms with E-state index in [1.165, 1.54) is 4.88 Å². The van der Waals surface area contributed by atoms with Crippen LogP contribution in [0.1, 0.15) is 45.4 Å². The van der Waals surface area contributed by atoms with Crippen LogP contribution in [-0.4, -0.2) is 24.0 Å². The molecule has 1 heterocycles. The van der Waals surface area contributed by atoms with Gasteiger partial charge < -0.3 is 5.73 Å². The van der Waals surface area contributed by atoms with Crippen LogP contribution < -0.4 is 5.73 Å². The van der Waals surface area contributed by atoms with Gasteiger partial charge >= 0.3 is 0 Å². The van der Waals surface area contributed by atoms with Crippen LogP contribution in [0.5, 0.6) is 0 Å². The van der Waals surface area contributed by atoms with Gasteiger partial charge in [0.2, 0.25) is 0 Å². The lowest BCUT2D eigenvalue weighted by molar-refractivity contribution is 0.0723. The monoisotopic (exact) mass is 316 g/mol. The van der Waals surface area contributed by atoms with Gasteiger partial charge in [0, 0.05) is 23.5 Å². The Morgan fingerprint density at radius 3 is 2.10 bits per heavy atom. The molecule has 20 heavy (non-hydrogen) atoms. The number of halogens is 1. The molecule has 0 aliphatic carbocycles. The molecular weight excluding hydrogens is 288 g/mol. The van der Waals surface area contributed by atoms with Crippen LogP contribution >= 0.6 is 22.9 Å². The molecule has 0 saturated heterocycles. The second kappa shape index (κ2) is 7.79. The van der Waals surface area contributed by atoms with E-state index in [1.807, 2.05) is 6.07 Å². The highest BCUT2D eigenvalue weighted by Gasteiger charge is 2.34. The molecular formula is C16H29ClN2S. The third-order valence-electron chi connectivity index (χ3n) is 3.79. The normalized spacial score (nSPS) is 12.9. The van der Waals surface area contributed by atoms with E-state index in [0.29, 0.717) is 18.4 Å². The molecule has 1 aromatic rings. The summed E-state index contributed by atoms with van der Waals surface area (Å²) in [5.41, 5.74) is 6.28. The Kier molecular flexibility index (Phi) is 6.99. The van der Waals surface area contributed by atoms with Crippen molar-refractivity contribution in [2.45, 2.75) is 52.6 Å². The van der Waals surface area contributed by atoms with E-state index in [2.05, 4.69) is 45.7 Å². The first-order chi connectivity index (χ1) is 9.29. The molecule has 2 N–H and O–H groups in total. The highest BCUT2D eigenvalue weighted by Crippen LogP contribution is 2.32. The third-order valence-corrected chi connectivity index (χ3v) is 5.00. The Morgan fingerprint density at radius 1 is 1.20 bits per heavy atom. The second-order valence-corrected chi connectivity index (χ2v) is 8.49. The van der Waals surface area contributed by atoms with Crippen LogP contribution in [0.4, 0.5) is 0 Å². The van der Waals surface area contributed by atoms with Crippen LogP contribution in [0.3, 0.4) is 0 Å². The first-order valence-electron chi connectivity index (χ1n) is 7.44. The minimum atomic E-state index is 0.0821. The van der Waals surface area contributed by atoms with Gasteiger partial charge in [0.15, 0.2) is 0 Å². The number of likely N-dealkylation sites (N-methyl/N-ethyl adjacent to an activating group) is 1. The fourth-order valence-electron chi connectivity index (χ4n) is 3.08. The second-order valence-electron chi connectivity index (χ2n) is 6.69. The number of thiophene rings is 1. The number of hydrogen-bond acceptors (Lipinski definition) is 3. The summed E-state index contributed by atoms with van der Waals surface area (Å²) in [5.74, 6) is 1.29. The van der Waals surface area contributed by atoms with Gasteiger partial charge in [-0.1, -0.05) is 39.3 Å². The quantitative estimate of drug-likeness (QED) is 0.758. The van der Waals surface area contributed by atoms with Crippen LogP contribution in [-0.2, 0) is 6.54 Å². The first-order valence-corrected chi connectivity index (χ1v) is 8.64. The minimum Gasteiger partial charge on any atom is -0.329 e. The van der Waals surface area contributed by atoms with E-state index >= 15 is 0 Å². The zero-order valence-electron chi connectivity index (χ0n) is 13.4. The van der Waals surface area contributed by atoms with Crippen LogP contribution in [0.25, 0.3) is 0 Å². The number of hydrogen-bond donors (Lipinski definition) is 1. The summed E-state index contributed by atoms with van der Waals surface area (Å²) < 4.78 is 0.861. The molecule has 0 unspecified atom stereocenters. The minimum absolute atomic E-state index is 0.0821. The van der Waals surface area contributed by atoms with Gasteiger partial charge in [-0.15, -0.1) is 11.3 Å². The lowest BCUT2D eigenvalue weighted by atomic mass is 9.80. The molecule has 0 spiro atoms. The number of rotatable bonds is 8. The van der Waals surface area contributed by atoms with Crippen LogP contribution in [0.2, 0.25) is 4.34 Å². The maximum Gasteiger partial charge on any atom is 0.0931 e.